The van der Waals surface area contributed by atoms with Gasteiger partial charge in [-0.1, -0.05) is 18.2 Å². The van der Waals surface area contributed by atoms with Gasteiger partial charge in [-0.05, 0) is 56.2 Å². The minimum Gasteiger partial charge on any atom is -0.462 e. The molecular weight excluding hydrogens is 356 g/mol. The van der Waals surface area contributed by atoms with Crippen LogP contribution in [0.4, 0.5) is 11.4 Å². The molecule has 0 aromatic heterocycles. The molecule has 6 nitrogen and oxygen atoms in total. The average molecular weight is 382 g/mol. The highest BCUT2D eigenvalue weighted by molar-refractivity contribution is 6.01. The van der Waals surface area contributed by atoms with E-state index >= 15 is 0 Å². The summed E-state index contributed by atoms with van der Waals surface area (Å²) in [5.41, 5.74) is 3.68. The Bertz CT molecular complexity index is 877. The molecule has 0 saturated heterocycles. The molecule has 6 heteroatoms. The highest BCUT2D eigenvalue weighted by Crippen LogP contribution is 2.20. The van der Waals surface area contributed by atoms with E-state index in [0.29, 0.717) is 11.3 Å². The van der Waals surface area contributed by atoms with Crippen LogP contribution in [0, 0.1) is 13.8 Å². The second-order valence-electron chi connectivity index (χ2n) is 6.50. The van der Waals surface area contributed by atoms with E-state index in [-0.39, 0.29) is 31.4 Å². The first-order valence-corrected chi connectivity index (χ1v) is 9.24. The lowest BCUT2D eigenvalue weighted by molar-refractivity contribution is -0.117. The van der Waals surface area contributed by atoms with Crippen molar-refractivity contribution in [2.24, 2.45) is 0 Å². The SMILES string of the molecule is CCOC(=O)c1ccccc1NC(=O)CCN(C(C)=O)c1ccc(C)c(C)c1. The number of nitrogens with one attached hydrogen (secondary N) is 1. The van der Waals surface area contributed by atoms with Gasteiger partial charge in [-0.25, -0.2) is 4.79 Å². The molecule has 28 heavy (non-hydrogen) atoms. The average Bonchev–Trinajstić information content (AvgIpc) is 2.65. The fourth-order valence-electron chi connectivity index (χ4n) is 2.77. The zero-order valence-corrected chi connectivity index (χ0v) is 16.7. The molecule has 0 bridgehead atoms. The molecule has 148 valence electrons. The number of para-hydroxylation sites is 1. The summed E-state index contributed by atoms with van der Waals surface area (Å²) >= 11 is 0. The summed E-state index contributed by atoms with van der Waals surface area (Å²) < 4.78 is 5.02. The number of carbonyl (C=O) groups is 3. The maximum atomic E-state index is 12.4. The minimum atomic E-state index is -0.487. The van der Waals surface area contributed by atoms with Crippen LogP contribution in [0.2, 0.25) is 0 Å². The Hall–Kier alpha value is -3.15. The Morgan fingerprint density at radius 1 is 1.04 bits per heavy atom. The highest BCUT2D eigenvalue weighted by Gasteiger charge is 2.17. The highest BCUT2D eigenvalue weighted by atomic mass is 16.5. The van der Waals surface area contributed by atoms with Crippen LogP contribution in [0.1, 0.15) is 41.8 Å². The van der Waals surface area contributed by atoms with Gasteiger partial charge in [0.05, 0.1) is 17.9 Å². The molecule has 2 amide bonds. The normalized spacial score (nSPS) is 10.3. The van der Waals surface area contributed by atoms with Gasteiger partial charge in [-0.3, -0.25) is 9.59 Å². The van der Waals surface area contributed by atoms with Gasteiger partial charge in [0.1, 0.15) is 0 Å². The number of benzene rings is 2. The molecule has 0 fully saturated rings. The number of nitrogens with zero attached hydrogens (tertiary/aromatic N) is 1. The maximum Gasteiger partial charge on any atom is 0.340 e. The van der Waals surface area contributed by atoms with E-state index in [1.807, 2.05) is 32.0 Å². The molecule has 2 aromatic carbocycles. The fraction of sp³-hybridized carbons (Fsp3) is 0.318. The molecule has 0 aliphatic carbocycles. The lowest BCUT2D eigenvalue weighted by atomic mass is 10.1. The van der Waals surface area contributed by atoms with Crippen LogP contribution in [0.15, 0.2) is 42.5 Å². The second-order valence-corrected chi connectivity index (χ2v) is 6.50. The van der Waals surface area contributed by atoms with Crippen molar-refractivity contribution in [3.8, 4) is 0 Å². The Morgan fingerprint density at radius 3 is 2.39 bits per heavy atom. The van der Waals surface area contributed by atoms with E-state index in [0.717, 1.165) is 16.8 Å². The first kappa shape index (κ1) is 21.2. The monoisotopic (exact) mass is 382 g/mol. The molecule has 2 aromatic rings. The van der Waals surface area contributed by atoms with Crippen LogP contribution in [0.25, 0.3) is 0 Å². The number of hydrogen-bond acceptors (Lipinski definition) is 4. The lowest BCUT2D eigenvalue weighted by Crippen LogP contribution is -2.32. The molecular formula is C22H26N2O4. The third-order valence-corrected chi connectivity index (χ3v) is 4.44. The first-order valence-electron chi connectivity index (χ1n) is 9.24. The van der Waals surface area contributed by atoms with Crippen molar-refractivity contribution in [3.05, 3.63) is 59.2 Å². The van der Waals surface area contributed by atoms with Gasteiger partial charge >= 0.3 is 5.97 Å². The van der Waals surface area contributed by atoms with Crippen LogP contribution in [-0.4, -0.2) is 30.9 Å². The fourth-order valence-corrected chi connectivity index (χ4v) is 2.77. The zero-order chi connectivity index (χ0) is 20.7. The Balaban J connectivity index is 2.07. The van der Waals surface area contributed by atoms with Crippen LogP contribution < -0.4 is 10.2 Å². The number of esters is 1. The van der Waals surface area contributed by atoms with Crippen molar-refractivity contribution in [2.45, 2.75) is 34.1 Å². The van der Waals surface area contributed by atoms with Gasteiger partial charge in [0.25, 0.3) is 0 Å². The van der Waals surface area contributed by atoms with Crippen LogP contribution in [0.5, 0.6) is 0 Å². The molecule has 0 heterocycles. The smallest absolute Gasteiger partial charge is 0.340 e. The topological polar surface area (TPSA) is 75.7 Å². The summed E-state index contributed by atoms with van der Waals surface area (Å²) in [6, 6.07) is 12.5. The Morgan fingerprint density at radius 2 is 1.75 bits per heavy atom. The summed E-state index contributed by atoms with van der Waals surface area (Å²) in [6.45, 7) is 7.68. The minimum absolute atomic E-state index is 0.101. The second kappa shape index (κ2) is 9.69. The Kier molecular flexibility index (Phi) is 7.32. The summed E-state index contributed by atoms with van der Waals surface area (Å²) in [5, 5.41) is 2.74. The van der Waals surface area contributed by atoms with Crippen molar-refractivity contribution in [1.29, 1.82) is 0 Å². The molecule has 0 unspecified atom stereocenters. The predicted octanol–water partition coefficient (Wildman–Crippen LogP) is 3.86. The molecule has 0 atom stereocenters. The number of hydrogen-bond donors (Lipinski definition) is 1. The van der Waals surface area contributed by atoms with Gasteiger partial charge < -0.3 is 15.0 Å². The molecule has 0 saturated carbocycles. The molecule has 2 rings (SSSR count). The van der Waals surface area contributed by atoms with E-state index < -0.39 is 5.97 Å². The molecule has 1 N–H and O–H groups in total. The van der Waals surface area contributed by atoms with Crippen LogP contribution >= 0.6 is 0 Å². The van der Waals surface area contributed by atoms with Gasteiger partial charge in [0, 0.05) is 25.6 Å². The molecule has 0 aliphatic rings. The molecule has 0 radical (unpaired) electrons. The number of rotatable bonds is 7. The first-order chi connectivity index (χ1) is 13.3. The zero-order valence-electron chi connectivity index (χ0n) is 16.7. The van der Waals surface area contributed by atoms with Crippen molar-refractivity contribution in [2.75, 3.05) is 23.4 Å². The van der Waals surface area contributed by atoms with Gasteiger partial charge in [0.2, 0.25) is 11.8 Å². The van der Waals surface area contributed by atoms with Crippen molar-refractivity contribution >= 4 is 29.2 Å². The maximum absolute atomic E-state index is 12.4. The van der Waals surface area contributed by atoms with E-state index in [1.54, 1.807) is 36.1 Å². The van der Waals surface area contributed by atoms with Crippen molar-refractivity contribution in [3.63, 3.8) is 0 Å². The van der Waals surface area contributed by atoms with E-state index in [2.05, 4.69) is 5.32 Å². The summed E-state index contributed by atoms with van der Waals surface area (Å²) in [6.07, 6.45) is 0.101. The predicted molar refractivity (Wildman–Crippen MR) is 110 cm³/mol. The van der Waals surface area contributed by atoms with Crippen molar-refractivity contribution < 1.29 is 19.1 Å². The van der Waals surface area contributed by atoms with Crippen LogP contribution in [0.3, 0.4) is 0 Å². The summed E-state index contributed by atoms with van der Waals surface area (Å²) in [5.74, 6) is -0.909. The number of ether oxygens (including phenoxy) is 1. The van der Waals surface area contributed by atoms with E-state index in [4.69, 9.17) is 4.74 Å². The lowest BCUT2D eigenvalue weighted by Gasteiger charge is -2.22. The number of amides is 2. The number of carbonyl (C=O) groups excluding carboxylic acids is 3. The van der Waals surface area contributed by atoms with Gasteiger partial charge in [0.15, 0.2) is 0 Å². The largest absolute Gasteiger partial charge is 0.462 e. The number of anilines is 2. The summed E-state index contributed by atoms with van der Waals surface area (Å²) in [4.78, 5) is 38.1. The number of aryl methyl sites for hydroxylation is 2. The van der Waals surface area contributed by atoms with Gasteiger partial charge in [-0.15, -0.1) is 0 Å². The summed E-state index contributed by atoms with van der Waals surface area (Å²) in [7, 11) is 0. The quantitative estimate of drug-likeness (QED) is 0.738. The van der Waals surface area contributed by atoms with Crippen LogP contribution in [-0.2, 0) is 14.3 Å². The van der Waals surface area contributed by atoms with Crippen molar-refractivity contribution in [1.82, 2.24) is 0 Å². The van der Waals surface area contributed by atoms with Gasteiger partial charge in [-0.2, -0.15) is 0 Å². The molecule has 0 spiro atoms. The standard InChI is InChI=1S/C22H26N2O4/c1-5-28-22(27)19-8-6-7-9-20(19)23-21(26)12-13-24(17(4)25)18-11-10-15(2)16(3)14-18/h6-11,14H,5,12-13H2,1-4H3,(H,23,26). The molecule has 0 aliphatic heterocycles. The third-order valence-electron chi connectivity index (χ3n) is 4.44. The Labute approximate surface area is 165 Å². The third kappa shape index (κ3) is 5.42. The van der Waals surface area contributed by atoms with E-state index in [1.165, 1.54) is 6.92 Å². The van der Waals surface area contributed by atoms with E-state index in [9.17, 15) is 14.4 Å².